The lowest BCUT2D eigenvalue weighted by Gasteiger charge is -2.08. The highest BCUT2D eigenvalue weighted by Crippen LogP contribution is 2.27. The second-order valence-corrected chi connectivity index (χ2v) is 8.00. The van der Waals surface area contributed by atoms with Crippen molar-refractivity contribution in [3.8, 4) is 0 Å². The number of carbonyl (C=O) groups is 2. The molecule has 0 atom stereocenters. The molecule has 0 bridgehead atoms. The minimum atomic E-state index is -0.0730. The highest BCUT2D eigenvalue weighted by Gasteiger charge is 2.23. The van der Waals surface area contributed by atoms with Crippen LogP contribution in [-0.2, 0) is 17.6 Å². The molecule has 1 fully saturated rings. The first kappa shape index (κ1) is 17.2. The number of anilines is 1. The molecule has 26 heavy (non-hydrogen) atoms. The number of amides is 2. The molecule has 0 radical (unpaired) electrons. The topological polar surface area (TPSA) is 58.2 Å². The fourth-order valence-electron chi connectivity index (χ4n) is 3.22. The van der Waals surface area contributed by atoms with Crippen molar-refractivity contribution in [2.45, 2.75) is 43.0 Å². The Bertz CT molecular complexity index is 846. The van der Waals surface area contributed by atoms with Gasteiger partial charge in [0, 0.05) is 22.2 Å². The summed E-state index contributed by atoms with van der Waals surface area (Å²) in [6.45, 7) is 0. The van der Waals surface area contributed by atoms with Gasteiger partial charge in [-0.15, -0.1) is 11.8 Å². The predicted octanol–water partition coefficient (Wildman–Crippen LogP) is 3.80. The van der Waals surface area contributed by atoms with Crippen LogP contribution in [0.5, 0.6) is 0 Å². The smallest absolute Gasteiger partial charge is 0.251 e. The molecular weight excluding hydrogens is 344 g/mol. The summed E-state index contributed by atoms with van der Waals surface area (Å²) in [5, 5.41) is 5.85. The van der Waals surface area contributed by atoms with E-state index in [1.54, 1.807) is 30.0 Å². The van der Waals surface area contributed by atoms with Crippen LogP contribution in [0, 0.1) is 0 Å². The Morgan fingerprint density at radius 2 is 1.88 bits per heavy atom. The molecule has 4 rings (SSSR count). The molecule has 2 aromatic rings. The van der Waals surface area contributed by atoms with Gasteiger partial charge in [0.25, 0.3) is 5.91 Å². The second kappa shape index (κ2) is 7.54. The first-order valence-corrected chi connectivity index (χ1v) is 10.1. The Balaban J connectivity index is 1.32. The van der Waals surface area contributed by atoms with Gasteiger partial charge in [0.1, 0.15) is 0 Å². The van der Waals surface area contributed by atoms with Crippen molar-refractivity contribution in [3.63, 3.8) is 0 Å². The Hall–Kier alpha value is -2.27. The molecule has 2 aliphatic carbocycles. The fraction of sp³-hybridized carbons (Fsp3) is 0.333. The van der Waals surface area contributed by atoms with Crippen LogP contribution in [0.3, 0.4) is 0 Å². The van der Waals surface area contributed by atoms with Gasteiger partial charge in [-0.05, 0) is 73.6 Å². The van der Waals surface area contributed by atoms with Gasteiger partial charge in [0.2, 0.25) is 5.91 Å². The van der Waals surface area contributed by atoms with E-state index < -0.39 is 0 Å². The van der Waals surface area contributed by atoms with Crippen LogP contribution in [0.4, 0.5) is 5.69 Å². The van der Waals surface area contributed by atoms with Crippen molar-refractivity contribution in [2.24, 2.45) is 0 Å². The molecule has 0 aromatic heterocycles. The van der Waals surface area contributed by atoms with Crippen LogP contribution in [0.25, 0.3) is 0 Å². The molecule has 0 heterocycles. The maximum absolute atomic E-state index is 12.3. The first-order valence-electron chi connectivity index (χ1n) is 9.13. The summed E-state index contributed by atoms with van der Waals surface area (Å²) in [6, 6.07) is 13.9. The van der Waals surface area contributed by atoms with Crippen LogP contribution in [0.2, 0.25) is 0 Å². The fourth-order valence-corrected chi connectivity index (χ4v) is 3.98. The molecule has 2 N–H and O–H groups in total. The third-order valence-electron chi connectivity index (χ3n) is 4.76. The largest absolute Gasteiger partial charge is 0.349 e. The predicted molar refractivity (Wildman–Crippen MR) is 105 cm³/mol. The van der Waals surface area contributed by atoms with Crippen LogP contribution in [0.1, 0.15) is 40.7 Å². The van der Waals surface area contributed by atoms with Gasteiger partial charge in [0.15, 0.2) is 0 Å². The molecule has 0 aliphatic heterocycles. The number of hydrogen-bond acceptors (Lipinski definition) is 3. The van der Waals surface area contributed by atoms with Crippen LogP contribution < -0.4 is 10.6 Å². The Morgan fingerprint density at radius 1 is 1.04 bits per heavy atom. The summed E-state index contributed by atoms with van der Waals surface area (Å²) in [6.07, 6.45) is 5.66. The Morgan fingerprint density at radius 3 is 2.73 bits per heavy atom. The summed E-state index contributed by atoms with van der Waals surface area (Å²) < 4.78 is 0. The summed E-state index contributed by atoms with van der Waals surface area (Å²) in [5.41, 5.74) is 4.11. The molecule has 0 unspecified atom stereocenters. The van der Waals surface area contributed by atoms with Gasteiger partial charge >= 0.3 is 0 Å². The number of fused-ring (bicyclic) bond motifs is 1. The first-order chi connectivity index (χ1) is 12.7. The van der Waals surface area contributed by atoms with E-state index in [2.05, 4.69) is 28.8 Å². The standard InChI is InChI=1S/C21H22N2O2S/c24-20(13-26-19-10-7-14-3-1-4-15(14)12-19)22-18-6-2-5-16(11-18)21(25)23-17-8-9-17/h2,5-7,10-12,17H,1,3-4,8-9,13H2,(H,22,24)(H,23,25). The van der Waals surface area contributed by atoms with E-state index in [9.17, 15) is 9.59 Å². The summed E-state index contributed by atoms with van der Waals surface area (Å²) in [4.78, 5) is 25.5. The highest BCUT2D eigenvalue weighted by molar-refractivity contribution is 8.00. The van der Waals surface area contributed by atoms with Crippen LogP contribution in [-0.4, -0.2) is 23.6 Å². The Kier molecular flexibility index (Phi) is 4.98. The number of rotatable bonds is 6. The van der Waals surface area contributed by atoms with E-state index >= 15 is 0 Å². The number of thioether (sulfide) groups is 1. The number of benzene rings is 2. The molecule has 1 saturated carbocycles. The van der Waals surface area contributed by atoms with Crippen LogP contribution in [0.15, 0.2) is 47.4 Å². The molecule has 134 valence electrons. The number of aryl methyl sites for hydroxylation is 2. The van der Waals surface area contributed by atoms with E-state index in [-0.39, 0.29) is 11.8 Å². The zero-order valence-electron chi connectivity index (χ0n) is 14.6. The van der Waals surface area contributed by atoms with E-state index in [0.29, 0.717) is 23.0 Å². The van der Waals surface area contributed by atoms with Gasteiger partial charge in [-0.2, -0.15) is 0 Å². The van der Waals surface area contributed by atoms with Crippen molar-refractivity contribution in [2.75, 3.05) is 11.1 Å². The average Bonchev–Trinajstić information content (AvgIpc) is 3.33. The number of carbonyl (C=O) groups excluding carboxylic acids is 2. The summed E-state index contributed by atoms with van der Waals surface area (Å²) in [7, 11) is 0. The minimum absolute atomic E-state index is 0.0600. The average molecular weight is 366 g/mol. The molecular formula is C21H22N2O2S. The van der Waals surface area contributed by atoms with Crippen molar-refractivity contribution >= 4 is 29.3 Å². The van der Waals surface area contributed by atoms with E-state index in [1.807, 2.05) is 6.07 Å². The summed E-state index contributed by atoms with van der Waals surface area (Å²) >= 11 is 1.55. The highest BCUT2D eigenvalue weighted by atomic mass is 32.2. The van der Waals surface area contributed by atoms with Crippen molar-refractivity contribution in [1.82, 2.24) is 5.32 Å². The monoisotopic (exact) mass is 366 g/mol. The molecule has 2 aliphatic rings. The number of hydrogen-bond donors (Lipinski definition) is 2. The lowest BCUT2D eigenvalue weighted by molar-refractivity contribution is -0.113. The third kappa shape index (κ3) is 4.28. The number of nitrogens with one attached hydrogen (secondary N) is 2. The van der Waals surface area contributed by atoms with Gasteiger partial charge < -0.3 is 10.6 Å². The molecule has 0 spiro atoms. The quantitative estimate of drug-likeness (QED) is 0.765. The lowest BCUT2D eigenvalue weighted by Crippen LogP contribution is -2.25. The SMILES string of the molecule is O=C(CSc1ccc2c(c1)CCC2)Nc1cccc(C(=O)NC2CC2)c1. The van der Waals surface area contributed by atoms with Gasteiger partial charge in [-0.1, -0.05) is 12.1 Å². The molecule has 5 heteroatoms. The molecule has 0 saturated heterocycles. The maximum atomic E-state index is 12.3. The zero-order valence-corrected chi connectivity index (χ0v) is 15.4. The van der Waals surface area contributed by atoms with E-state index in [0.717, 1.165) is 24.2 Å². The van der Waals surface area contributed by atoms with Gasteiger partial charge in [0.05, 0.1) is 5.75 Å². The Labute approximate surface area is 157 Å². The zero-order chi connectivity index (χ0) is 17.9. The molecule has 2 amide bonds. The van der Waals surface area contributed by atoms with Crippen molar-refractivity contribution in [1.29, 1.82) is 0 Å². The lowest BCUT2D eigenvalue weighted by atomic mass is 10.1. The summed E-state index contributed by atoms with van der Waals surface area (Å²) in [5.74, 6) is 0.225. The normalized spacial score (nSPS) is 15.4. The molecule has 4 nitrogen and oxygen atoms in total. The molecule has 2 aromatic carbocycles. The van der Waals surface area contributed by atoms with Crippen LogP contribution >= 0.6 is 11.8 Å². The minimum Gasteiger partial charge on any atom is -0.349 e. The van der Waals surface area contributed by atoms with Crippen molar-refractivity contribution in [3.05, 3.63) is 59.2 Å². The third-order valence-corrected chi connectivity index (χ3v) is 5.75. The maximum Gasteiger partial charge on any atom is 0.251 e. The van der Waals surface area contributed by atoms with E-state index in [1.165, 1.54) is 24.0 Å². The van der Waals surface area contributed by atoms with Crippen molar-refractivity contribution < 1.29 is 9.59 Å². The van der Waals surface area contributed by atoms with E-state index in [4.69, 9.17) is 0 Å². The second-order valence-electron chi connectivity index (χ2n) is 6.95. The van der Waals surface area contributed by atoms with Gasteiger partial charge in [-0.3, -0.25) is 9.59 Å². The van der Waals surface area contributed by atoms with Gasteiger partial charge in [-0.25, -0.2) is 0 Å².